The number of phosphoric ester groups is 1. The van der Waals surface area contributed by atoms with Crippen LogP contribution in [0.4, 0.5) is 16.2 Å². The third-order valence-corrected chi connectivity index (χ3v) is 17.5. The van der Waals surface area contributed by atoms with Crippen LogP contribution >= 0.6 is 19.4 Å². The second-order valence-electron chi connectivity index (χ2n) is 22.3. The van der Waals surface area contributed by atoms with Crippen LogP contribution in [-0.4, -0.2) is 143 Å². The highest BCUT2D eigenvalue weighted by atomic mass is 35.5. The summed E-state index contributed by atoms with van der Waals surface area (Å²) in [4.78, 5) is 132. The Morgan fingerprint density at radius 2 is 1.56 bits per heavy atom. The number of Topliss-reactive ketones (excluding diaryl/α,β-unsaturated/α-hetero) is 1. The van der Waals surface area contributed by atoms with E-state index in [4.69, 9.17) is 36.1 Å². The Balaban J connectivity index is 0.806. The van der Waals surface area contributed by atoms with Crippen molar-refractivity contribution in [2.45, 2.75) is 127 Å². The number of nitrogens with two attached hydrogens (primary N) is 1. The van der Waals surface area contributed by atoms with Gasteiger partial charge in [0, 0.05) is 80.5 Å². The average molecular weight is 1230 g/mol. The molecule has 7 N–H and O–H groups in total. The van der Waals surface area contributed by atoms with Crippen molar-refractivity contribution in [2.24, 2.45) is 11.1 Å². The predicted molar refractivity (Wildman–Crippen MR) is 316 cm³/mol. The number of halogens is 1. The third-order valence-electron chi connectivity index (χ3n) is 16.7. The van der Waals surface area contributed by atoms with Crippen molar-refractivity contribution in [1.29, 1.82) is 0 Å². The summed E-state index contributed by atoms with van der Waals surface area (Å²) in [6.45, 7) is 1.42. The lowest BCUT2D eigenvalue weighted by Crippen LogP contribution is -2.58. The number of hydrogen-bond acceptors (Lipinski definition) is 15. The number of benzene rings is 4. The Kier molecular flexibility index (Phi) is 20.5. The zero-order chi connectivity index (χ0) is 61.3. The molecule has 9 rings (SSSR count). The number of hydrogen-bond donors (Lipinski definition) is 6. The van der Waals surface area contributed by atoms with Crippen LogP contribution in [0.25, 0.3) is 10.8 Å². The van der Waals surface area contributed by atoms with Crippen molar-refractivity contribution in [3.05, 3.63) is 101 Å². The number of phosphoric acid groups is 1. The molecule has 4 atom stereocenters. The number of nitrogens with zero attached hydrogens (tertiary/aromatic N) is 4. The molecular weight excluding hydrogens is 1150 g/mol. The largest absolute Gasteiger partial charge is 0.524 e. The molecule has 23 nitrogen and oxygen atoms in total. The van der Waals surface area contributed by atoms with Gasteiger partial charge in [-0.25, -0.2) is 14.3 Å². The normalized spacial score (nSPS) is 18.9. The molecule has 1 saturated heterocycles. The molecule has 4 heterocycles. The Bertz CT molecular complexity index is 3300. The van der Waals surface area contributed by atoms with Crippen LogP contribution in [0, 0.1) is 5.41 Å². The summed E-state index contributed by atoms with van der Waals surface area (Å²) < 4.78 is 34.7. The minimum atomic E-state index is -4.95. The fourth-order valence-electron chi connectivity index (χ4n) is 12.0. The van der Waals surface area contributed by atoms with E-state index in [0.717, 1.165) is 10.5 Å². The molecule has 1 unspecified atom stereocenters. The van der Waals surface area contributed by atoms with E-state index in [1.165, 1.54) is 47.3 Å². The molecule has 0 aromatic heterocycles. The van der Waals surface area contributed by atoms with E-state index in [-0.39, 0.29) is 103 Å². The van der Waals surface area contributed by atoms with Gasteiger partial charge in [0.2, 0.25) is 17.7 Å². The maximum absolute atomic E-state index is 14.3. The molecule has 86 heavy (non-hydrogen) atoms. The van der Waals surface area contributed by atoms with Gasteiger partial charge in [0.25, 0.3) is 17.7 Å². The number of fused-ring (bicyclic) bond motifs is 5. The highest BCUT2D eigenvalue weighted by molar-refractivity contribution is 7.46. The van der Waals surface area contributed by atoms with Gasteiger partial charge in [0.1, 0.15) is 17.8 Å². The molecule has 4 aromatic rings. The molecule has 7 amide bonds. The first-order valence-corrected chi connectivity index (χ1v) is 31.3. The van der Waals surface area contributed by atoms with Crippen molar-refractivity contribution < 1.29 is 76.5 Å². The van der Waals surface area contributed by atoms with Gasteiger partial charge in [-0.2, -0.15) is 0 Å². The van der Waals surface area contributed by atoms with Crippen LogP contribution in [0.3, 0.4) is 0 Å². The molecule has 5 aliphatic rings. The summed E-state index contributed by atoms with van der Waals surface area (Å²) in [7, 11) is -3.54. The molecule has 2 fully saturated rings. The molecule has 25 heteroatoms. The van der Waals surface area contributed by atoms with Gasteiger partial charge in [-0.05, 0) is 112 Å². The summed E-state index contributed by atoms with van der Waals surface area (Å²) in [5, 5.41) is 18.9. The summed E-state index contributed by atoms with van der Waals surface area (Å²) in [6, 6.07) is 16.5. The number of ketones is 1. The Morgan fingerprint density at radius 3 is 2.24 bits per heavy atom. The van der Waals surface area contributed by atoms with Crippen molar-refractivity contribution in [2.75, 3.05) is 62.1 Å². The molecule has 4 aliphatic heterocycles. The van der Waals surface area contributed by atoms with Crippen LogP contribution in [-0.2, 0) is 51.1 Å². The lowest BCUT2D eigenvalue weighted by atomic mass is 9.67. The molecule has 1 aliphatic carbocycles. The van der Waals surface area contributed by atoms with Crippen LogP contribution in [0.1, 0.15) is 123 Å². The predicted octanol–water partition coefficient (Wildman–Crippen LogP) is 6.43. The molecule has 460 valence electrons. The van der Waals surface area contributed by atoms with Gasteiger partial charge in [0.15, 0.2) is 23.5 Å². The van der Waals surface area contributed by atoms with E-state index in [1.54, 1.807) is 53.4 Å². The minimum Gasteiger partial charge on any atom is -0.493 e. The number of aliphatic hydroxyl groups excluding tert-OH is 1. The van der Waals surface area contributed by atoms with Gasteiger partial charge in [0.05, 0.1) is 42.7 Å². The van der Waals surface area contributed by atoms with Crippen molar-refractivity contribution in [3.63, 3.8) is 0 Å². The number of imide groups is 1. The zero-order valence-electron chi connectivity index (χ0n) is 47.9. The van der Waals surface area contributed by atoms with Crippen LogP contribution in [0.15, 0.2) is 78.9 Å². The number of amides is 7. The van der Waals surface area contributed by atoms with Crippen molar-refractivity contribution in [3.8, 4) is 17.2 Å². The number of nitrogens with one attached hydrogen (secondary N) is 2. The maximum atomic E-state index is 14.3. The van der Waals surface area contributed by atoms with E-state index in [2.05, 4.69) is 10.6 Å². The zero-order valence-corrected chi connectivity index (χ0v) is 49.6. The van der Waals surface area contributed by atoms with E-state index >= 15 is 0 Å². The highest BCUT2D eigenvalue weighted by Crippen LogP contribution is 2.50. The Morgan fingerprint density at radius 1 is 0.837 bits per heavy atom. The van der Waals surface area contributed by atoms with E-state index < -0.39 is 55.4 Å². The summed E-state index contributed by atoms with van der Waals surface area (Å²) in [5.74, 6) is -2.28. The van der Waals surface area contributed by atoms with E-state index in [9.17, 15) is 57.8 Å². The number of carbonyl (C=O) groups is 8. The first kappa shape index (κ1) is 63.1. The SMILES string of the molecule is COc1cc2c(cc1OCCCCC(=O)N1C[C@@H](CCl)c3c1cc(OP(=O)(O)O)c1ccccc31)N(C(=O)OCc1ccc(CC(=O)[C@H](CCCCN)NC(=O)C3(C(=O)NCCCCCN4C(=O)C=CC4=O)CCC3)cc1)C(O)[C@@H]1CCCN1C2=O. The number of methoxy groups -OCH3 is 1. The Hall–Kier alpha value is -7.40. The topological polar surface area (TPSA) is 314 Å². The molecule has 1 saturated carbocycles. The van der Waals surface area contributed by atoms with Gasteiger partial charge in [-0.3, -0.25) is 48.2 Å². The summed E-state index contributed by atoms with van der Waals surface area (Å²) in [5.41, 5.74) is 7.00. The second-order valence-corrected chi connectivity index (χ2v) is 23.8. The van der Waals surface area contributed by atoms with Crippen LogP contribution in [0.5, 0.6) is 17.2 Å². The van der Waals surface area contributed by atoms with Gasteiger partial charge in [-0.1, -0.05) is 55.0 Å². The fourth-order valence-corrected chi connectivity index (χ4v) is 12.6. The number of aliphatic hydroxyl groups is 1. The number of carbonyl (C=O) groups excluding carboxylic acids is 8. The summed E-state index contributed by atoms with van der Waals surface area (Å²) >= 11 is 6.41. The Labute approximate surface area is 502 Å². The first-order valence-electron chi connectivity index (χ1n) is 29.3. The van der Waals surface area contributed by atoms with Gasteiger partial charge < -0.3 is 50.0 Å². The fraction of sp³-hybridized carbons (Fsp3) is 0.475. The number of ether oxygens (including phenoxy) is 3. The van der Waals surface area contributed by atoms with E-state index in [1.807, 2.05) is 0 Å². The van der Waals surface area contributed by atoms with Crippen molar-refractivity contribution in [1.82, 2.24) is 20.4 Å². The molecular formula is C61H73ClN7O16P. The van der Waals surface area contributed by atoms with Crippen molar-refractivity contribution >= 4 is 88.9 Å². The lowest BCUT2D eigenvalue weighted by molar-refractivity contribution is -0.151. The average Bonchev–Trinajstić information content (AvgIpc) is 1.69. The number of unbranched alkanes of at least 4 members (excludes halogenated alkanes) is 4. The molecule has 0 spiro atoms. The monoisotopic (exact) mass is 1230 g/mol. The maximum Gasteiger partial charge on any atom is 0.524 e. The second kappa shape index (κ2) is 28.0. The summed E-state index contributed by atoms with van der Waals surface area (Å²) in [6.07, 6.45) is 6.48. The van der Waals surface area contributed by atoms with Gasteiger partial charge in [-0.15, -0.1) is 11.6 Å². The van der Waals surface area contributed by atoms with Crippen LogP contribution in [0.2, 0.25) is 0 Å². The smallest absolute Gasteiger partial charge is 0.493 e. The van der Waals surface area contributed by atoms with E-state index in [0.29, 0.717) is 131 Å². The molecule has 4 aromatic carbocycles. The van der Waals surface area contributed by atoms with Gasteiger partial charge >= 0.3 is 13.9 Å². The minimum absolute atomic E-state index is 0.0349. The lowest BCUT2D eigenvalue weighted by Gasteiger charge is -2.39. The number of anilines is 2. The number of rotatable bonds is 28. The highest BCUT2D eigenvalue weighted by Gasteiger charge is 2.51. The molecule has 0 bridgehead atoms. The first-order chi connectivity index (χ1) is 41.4. The third kappa shape index (κ3) is 14.0. The quantitative estimate of drug-likeness (QED) is 0.0117. The molecule has 0 radical (unpaired) electrons. The van der Waals surface area contributed by atoms with Crippen LogP contribution < -0.4 is 40.2 Å². The number of alkyl halides is 1. The standard InChI is InChI=1S/C61H73ClN7O16P/c1-82-50-32-43-46(33-51(50)83-30-10-6-17-52(71)68-36-40(35-62)55-42-14-4-3-13-41(42)49(34-47(55)68)85-86(79,80)81)69(57(75)45-16-11-29-66(45)56(43)74)60(78)84-37-39-20-18-38(19-21-39)31-48(70)44(15-5-7-26-63)65-59(77)61(24-12-25-61)58(76)64-27-8-2-9-28-67-53(72)22-23-54(67)73/h3-4,13-14,18-23,32-34,40,44-45,57,75H,2,5-12,15-17,24-31,35-37,63H2,1H3,(H,64,76)(H,65,77)(H2,79,80,81)/t40-,44+,45+,57?/m1/s1.